The first-order valence-electron chi connectivity index (χ1n) is 26.6. The summed E-state index contributed by atoms with van der Waals surface area (Å²) in [4.78, 5) is 86.1. The van der Waals surface area contributed by atoms with Crippen molar-refractivity contribution in [3.8, 4) is 16.2 Å². The fourth-order valence-corrected chi connectivity index (χ4v) is 10.6. The Morgan fingerprint density at radius 2 is 1.64 bits per heavy atom. The normalized spacial score (nSPS) is 16.2. The van der Waals surface area contributed by atoms with E-state index in [0.717, 1.165) is 86.3 Å². The maximum absolute atomic E-state index is 14.0. The number of nitrogens with zero attached hydrogens (tertiary/aromatic N) is 6. The lowest BCUT2D eigenvalue weighted by atomic mass is 9.85. The Hall–Kier alpha value is -6.54. The van der Waals surface area contributed by atoms with Crippen LogP contribution in [0.3, 0.4) is 0 Å². The number of ether oxygens (including phenoxy) is 1. The number of carbonyl (C=O) groups excluding carboxylic acids is 5. The number of nitrogens with one attached hydrogen (secondary N) is 4. The zero-order chi connectivity index (χ0) is 55.1. The van der Waals surface area contributed by atoms with Crippen molar-refractivity contribution in [2.45, 2.75) is 123 Å². The molecule has 4 heterocycles. The van der Waals surface area contributed by atoms with Crippen molar-refractivity contribution in [3.05, 3.63) is 101 Å². The van der Waals surface area contributed by atoms with Crippen LogP contribution in [0, 0.1) is 18.2 Å². The number of unbranched alkanes of at least 4 members (excludes halogenated alkanes) is 6. The number of hydrogen-bond donors (Lipinski definition) is 5. The highest BCUT2D eigenvalue weighted by molar-refractivity contribution is 7.13. The number of β-amino-alcohol motifs (C(OH)–C–C–N with tert-alkyl or cyclic N) is 1. The summed E-state index contributed by atoms with van der Waals surface area (Å²) in [5.74, 6) is -0.831. The number of anilines is 3. The van der Waals surface area contributed by atoms with Gasteiger partial charge in [-0.3, -0.25) is 28.9 Å². The van der Waals surface area contributed by atoms with E-state index in [1.54, 1.807) is 29.5 Å². The second-order valence-corrected chi connectivity index (χ2v) is 22.1. The number of hydrogen-bond acceptors (Lipinski definition) is 13. The summed E-state index contributed by atoms with van der Waals surface area (Å²) in [5, 5.41) is 23.0. The van der Waals surface area contributed by atoms with Crippen molar-refractivity contribution < 1.29 is 38.2 Å². The summed E-state index contributed by atoms with van der Waals surface area (Å²) >= 11 is 7.56. The van der Waals surface area contributed by atoms with Gasteiger partial charge in [-0.05, 0) is 73.1 Å². The number of aromatic nitrogens is 3. The highest BCUT2D eigenvalue weighted by Gasteiger charge is 2.44. The summed E-state index contributed by atoms with van der Waals surface area (Å²) in [5.41, 5.74) is 5.62. The quantitative estimate of drug-likeness (QED) is 0.0274. The predicted molar refractivity (Wildman–Crippen MR) is 299 cm³/mol. The van der Waals surface area contributed by atoms with E-state index in [2.05, 4.69) is 47.7 Å². The largest absolute Gasteiger partial charge is 0.491 e. The zero-order valence-corrected chi connectivity index (χ0v) is 46.1. The van der Waals surface area contributed by atoms with E-state index in [9.17, 15) is 33.5 Å². The fourth-order valence-electron chi connectivity index (χ4n) is 9.60. The number of carbonyl (C=O) groups is 5. The molecule has 5 amide bonds. The van der Waals surface area contributed by atoms with Crippen LogP contribution in [0.25, 0.3) is 21.3 Å². The van der Waals surface area contributed by atoms with Crippen LogP contribution in [-0.2, 0) is 30.5 Å². The number of aryl methyl sites for hydroxylation is 1. The smallest absolute Gasteiger partial charge is 0.247 e. The van der Waals surface area contributed by atoms with Gasteiger partial charge >= 0.3 is 0 Å². The molecule has 5 aromatic rings. The van der Waals surface area contributed by atoms with Gasteiger partial charge in [0.25, 0.3) is 0 Å². The lowest BCUT2D eigenvalue weighted by Gasteiger charge is -2.35. The topological polar surface area (TPSA) is 211 Å². The Morgan fingerprint density at radius 3 is 2.31 bits per heavy atom. The molecule has 77 heavy (non-hydrogen) atoms. The second-order valence-electron chi connectivity index (χ2n) is 20.9. The molecule has 20 heteroatoms. The van der Waals surface area contributed by atoms with E-state index in [1.807, 2.05) is 62.4 Å². The van der Waals surface area contributed by atoms with Crippen LogP contribution in [0.1, 0.15) is 103 Å². The molecule has 0 spiro atoms. The van der Waals surface area contributed by atoms with Crippen LogP contribution >= 0.6 is 22.9 Å². The number of piperazine rings is 1. The Kier molecular flexibility index (Phi) is 20.9. The first kappa shape index (κ1) is 58.1. The molecule has 412 valence electrons. The molecule has 2 aliphatic rings. The molecule has 2 aromatic heterocycles. The van der Waals surface area contributed by atoms with E-state index >= 15 is 0 Å². The molecular weight excluding hydrogens is 1020 g/mol. The minimum absolute atomic E-state index is 0.0178. The number of amides is 5. The number of aliphatic hydroxyl groups is 1. The number of rotatable bonds is 25. The maximum Gasteiger partial charge on any atom is 0.247 e. The monoisotopic (exact) mass is 1090 g/mol. The second kappa shape index (κ2) is 27.7. The number of benzene rings is 3. The first-order valence-corrected chi connectivity index (χ1v) is 27.8. The van der Waals surface area contributed by atoms with Gasteiger partial charge in [0.05, 0.1) is 45.0 Å². The third-order valence-electron chi connectivity index (χ3n) is 14.0. The highest BCUT2D eigenvalue weighted by atomic mass is 35.5. The van der Waals surface area contributed by atoms with Gasteiger partial charge in [-0.25, -0.2) is 19.3 Å². The van der Waals surface area contributed by atoms with Gasteiger partial charge in [0.1, 0.15) is 35.8 Å². The Bertz CT molecular complexity index is 2860. The molecule has 2 saturated heterocycles. The first-order chi connectivity index (χ1) is 37.0. The zero-order valence-electron chi connectivity index (χ0n) is 44.5. The van der Waals surface area contributed by atoms with E-state index in [0.29, 0.717) is 66.4 Å². The standard InChI is InChI=1S/C57H72ClFN10O7S/c1-6-49(71)65-46-31-42-45(61-35-62-54(42)64-40-21-22-44(59)43(58)29-40)32-48(46)76-28-14-23-67-24-26-68(27-25-67)51(73)16-13-11-9-7-8-10-12-15-50(72)66-53(57(3,4)5)56(75)69-34-41(70)30-47(69)55(74)60-33-38-17-19-39(20-18-38)52-37(2)63-36-77-52/h6,17-22,29,31-32,35-36,41,47,53,70H,1,7-16,23-28,30,33-34H2,2-5H3,(H,60,74)(H,65,71)(H,66,72)(H,61,62,64)/t41-,47+,53-/m1/s1. The SMILES string of the molecule is C=CC(=O)Nc1cc2c(Nc3ccc(F)c(Cl)c3)ncnc2cc1OCCCN1CCN(C(=O)CCCCCCCCCC(=O)N[C@H](C(=O)N2C[C@H](O)C[C@H]2C(=O)NCc2ccc(-c3scnc3C)cc2)C(C)(C)C)CC1. The van der Waals surface area contributed by atoms with Crippen molar-refractivity contribution >= 4 is 80.6 Å². The minimum atomic E-state index is -0.871. The number of thiazole rings is 1. The summed E-state index contributed by atoms with van der Waals surface area (Å²) < 4.78 is 20.0. The molecule has 17 nitrogen and oxygen atoms in total. The van der Waals surface area contributed by atoms with Crippen molar-refractivity contribution in [2.24, 2.45) is 5.41 Å². The predicted octanol–water partition coefficient (Wildman–Crippen LogP) is 8.96. The number of fused-ring (bicyclic) bond motifs is 1. The van der Waals surface area contributed by atoms with Crippen LogP contribution in [0.5, 0.6) is 5.75 Å². The molecule has 0 radical (unpaired) electrons. The van der Waals surface area contributed by atoms with Crippen LogP contribution in [-0.4, -0.2) is 128 Å². The fraction of sp³-hybridized carbons (Fsp3) is 0.474. The average molecular weight is 1100 g/mol. The molecule has 0 aliphatic carbocycles. The average Bonchev–Trinajstić information content (AvgIpc) is 4.07. The molecule has 0 unspecified atom stereocenters. The summed E-state index contributed by atoms with van der Waals surface area (Å²) in [6.07, 6.45) is 9.68. The van der Waals surface area contributed by atoms with E-state index in [4.69, 9.17) is 16.3 Å². The lowest BCUT2D eigenvalue weighted by Crippen LogP contribution is -2.57. The van der Waals surface area contributed by atoms with Crippen molar-refractivity contribution in [3.63, 3.8) is 0 Å². The molecule has 7 rings (SSSR count). The maximum atomic E-state index is 14.0. The number of aliphatic hydroxyl groups excluding tert-OH is 1. The third kappa shape index (κ3) is 16.5. The van der Waals surface area contributed by atoms with E-state index in [1.165, 1.54) is 29.4 Å². The van der Waals surface area contributed by atoms with Gasteiger partial charge in [0.2, 0.25) is 29.5 Å². The number of halogens is 2. The Balaban J connectivity index is 0.749. The minimum Gasteiger partial charge on any atom is -0.491 e. The van der Waals surface area contributed by atoms with Crippen LogP contribution < -0.4 is 26.0 Å². The van der Waals surface area contributed by atoms with Gasteiger partial charge < -0.3 is 40.9 Å². The molecule has 5 N–H and O–H groups in total. The van der Waals surface area contributed by atoms with Gasteiger partial charge in [-0.15, -0.1) is 11.3 Å². The van der Waals surface area contributed by atoms with Gasteiger partial charge in [-0.2, -0.15) is 0 Å². The summed E-state index contributed by atoms with van der Waals surface area (Å²) in [6, 6.07) is 13.9. The molecule has 0 saturated carbocycles. The number of likely N-dealkylation sites (tertiary alicyclic amines) is 1. The van der Waals surface area contributed by atoms with Crippen molar-refractivity contribution in [1.29, 1.82) is 0 Å². The summed E-state index contributed by atoms with van der Waals surface area (Å²) in [7, 11) is 0. The Morgan fingerprint density at radius 1 is 0.922 bits per heavy atom. The van der Waals surface area contributed by atoms with Crippen LogP contribution in [0.15, 0.2) is 79.1 Å². The molecule has 2 aliphatic heterocycles. The molecule has 2 fully saturated rings. The lowest BCUT2D eigenvalue weighted by molar-refractivity contribution is -0.144. The molecule has 0 bridgehead atoms. The third-order valence-corrected chi connectivity index (χ3v) is 15.2. The molecular formula is C57H72ClFN10O7S. The highest BCUT2D eigenvalue weighted by Crippen LogP contribution is 2.35. The van der Waals surface area contributed by atoms with Crippen molar-refractivity contribution in [1.82, 2.24) is 40.3 Å². The van der Waals surface area contributed by atoms with Crippen molar-refractivity contribution in [2.75, 3.05) is 56.5 Å². The molecule has 3 aromatic carbocycles. The Labute approximate surface area is 459 Å². The van der Waals surface area contributed by atoms with Gasteiger partial charge in [0.15, 0.2) is 0 Å². The van der Waals surface area contributed by atoms with Gasteiger partial charge in [-0.1, -0.05) is 95.3 Å². The van der Waals surface area contributed by atoms with E-state index in [-0.39, 0.29) is 54.6 Å². The van der Waals surface area contributed by atoms with Crippen LogP contribution in [0.4, 0.5) is 21.6 Å². The van der Waals surface area contributed by atoms with Crippen LogP contribution in [0.2, 0.25) is 5.02 Å². The van der Waals surface area contributed by atoms with E-state index < -0.39 is 35.3 Å². The molecule has 3 atom stereocenters. The van der Waals surface area contributed by atoms with Gasteiger partial charge in [0, 0.05) is 82.2 Å². The summed E-state index contributed by atoms with van der Waals surface area (Å²) in [6.45, 7) is 15.5.